The van der Waals surface area contributed by atoms with E-state index >= 15 is 0 Å². The van der Waals surface area contributed by atoms with Crippen molar-refractivity contribution in [1.29, 1.82) is 0 Å². The molecule has 0 spiro atoms. The Morgan fingerprint density at radius 2 is 1.47 bits per heavy atom. The van der Waals surface area contributed by atoms with Crippen LogP contribution in [0.15, 0.2) is 107 Å². The molecule has 0 fully saturated rings. The van der Waals surface area contributed by atoms with E-state index < -0.39 is 10.0 Å². The molecule has 0 heterocycles. The summed E-state index contributed by atoms with van der Waals surface area (Å²) < 4.78 is 27.0. The summed E-state index contributed by atoms with van der Waals surface area (Å²) in [5.41, 5.74) is 2.64. The fourth-order valence-corrected chi connectivity index (χ4v) is 4.41. The van der Waals surface area contributed by atoms with E-state index in [4.69, 9.17) is 0 Å². The lowest BCUT2D eigenvalue weighted by Crippen LogP contribution is -2.26. The summed E-state index contributed by atoms with van der Waals surface area (Å²) >= 11 is 0. The Hall–Kier alpha value is -3.28. The van der Waals surface area contributed by atoms with Crippen molar-refractivity contribution in [3.8, 4) is 0 Å². The quantitative estimate of drug-likeness (QED) is 0.396. The van der Waals surface area contributed by atoms with E-state index in [1.54, 1.807) is 37.5 Å². The SMILES string of the molecule is CN(Cc1ccccc1)S(=O)(=O)c1ccc(N=Cc2ccc3ccccc3c2)cc1. The van der Waals surface area contributed by atoms with Crippen LogP contribution in [0.3, 0.4) is 0 Å². The molecule has 0 radical (unpaired) electrons. The third-order valence-corrected chi connectivity index (χ3v) is 6.75. The minimum Gasteiger partial charge on any atom is -0.256 e. The second-order valence-corrected chi connectivity index (χ2v) is 9.15. The number of hydrogen-bond donors (Lipinski definition) is 0. The van der Waals surface area contributed by atoms with Crippen LogP contribution in [0.25, 0.3) is 10.8 Å². The number of fused-ring (bicyclic) bond motifs is 1. The van der Waals surface area contributed by atoms with Crippen molar-refractivity contribution < 1.29 is 8.42 Å². The highest BCUT2D eigenvalue weighted by atomic mass is 32.2. The van der Waals surface area contributed by atoms with Crippen LogP contribution in [-0.2, 0) is 16.6 Å². The van der Waals surface area contributed by atoms with Crippen LogP contribution in [0.4, 0.5) is 5.69 Å². The van der Waals surface area contributed by atoms with Crippen LogP contribution in [0, 0.1) is 0 Å². The van der Waals surface area contributed by atoms with Gasteiger partial charge >= 0.3 is 0 Å². The van der Waals surface area contributed by atoms with Crippen LogP contribution in [0.1, 0.15) is 11.1 Å². The molecule has 0 N–H and O–H groups in total. The maximum Gasteiger partial charge on any atom is 0.243 e. The summed E-state index contributed by atoms with van der Waals surface area (Å²) in [7, 11) is -1.97. The largest absolute Gasteiger partial charge is 0.256 e. The molecule has 0 aliphatic carbocycles. The van der Waals surface area contributed by atoms with Crippen molar-refractivity contribution in [2.24, 2.45) is 4.99 Å². The fraction of sp³-hybridized carbons (Fsp3) is 0.0800. The average Bonchev–Trinajstić information content (AvgIpc) is 2.78. The topological polar surface area (TPSA) is 49.7 Å². The summed E-state index contributed by atoms with van der Waals surface area (Å²) in [4.78, 5) is 4.74. The van der Waals surface area contributed by atoms with E-state index in [0.717, 1.165) is 16.5 Å². The minimum atomic E-state index is -3.56. The molecule has 0 bridgehead atoms. The third kappa shape index (κ3) is 4.48. The predicted octanol–water partition coefficient (Wildman–Crippen LogP) is 5.41. The second-order valence-electron chi connectivity index (χ2n) is 7.11. The second kappa shape index (κ2) is 8.61. The highest BCUT2D eigenvalue weighted by Crippen LogP contribution is 2.21. The smallest absolute Gasteiger partial charge is 0.243 e. The Balaban J connectivity index is 1.49. The van der Waals surface area contributed by atoms with Gasteiger partial charge in [-0.2, -0.15) is 4.31 Å². The summed E-state index contributed by atoms with van der Waals surface area (Å²) in [6.07, 6.45) is 1.79. The Kier molecular flexibility index (Phi) is 5.74. The Morgan fingerprint density at radius 3 is 2.20 bits per heavy atom. The van der Waals surface area contributed by atoms with Crippen molar-refractivity contribution >= 4 is 32.7 Å². The molecule has 4 nitrogen and oxygen atoms in total. The maximum absolute atomic E-state index is 12.8. The van der Waals surface area contributed by atoms with Gasteiger partial charge < -0.3 is 0 Å². The van der Waals surface area contributed by atoms with E-state index in [-0.39, 0.29) is 4.90 Å². The molecule has 4 aromatic rings. The molecule has 4 rings (SSSR count). The van der Waals surface area contributed by atoms with Crippen molar-refractivity contribution in [2.45, 2.75) is 11.4 Å². The van der Waals surface area contributed by atoms with Crippen molar-refractivity contribution in [3.05, 3.63) is 108 Å². The third-order valence-electron chi connectivity index (χ3n) is 4.93. The van der Waals surface area contributed by atoms with Gasteiger partial charge in [-0.1, -0.05) is 66.7 Å². The van der Waals surface area contributed by atoms with Crippen LogP contribution < -0.4 is 0 Å². The molecular weight excluding hydrogens is 392 g/mol. The molecule has 0 amide bonds. The van der Waals surface area contributed by atoms with Crippen molar-refractivity contribution in [2.75, 3.05) is 7.05 Å². The molecule has 0 saturated heterocycles. The van der Waals surface area contributed by atoms with Crippen LogP contribution in [0.5, 0.6) is 0 Å². The first-order valence-corrected chi connectivity index (χ1v) is 11.1. The number of sulfonamides is 1. The molecular formula is C25H22N2O2S. The van der Waals surface area contributed by atoms with Gasteiger partial charge in [-0.3, -0.25) is 4.99 Å². The van der Waals surface area contributed by atoms with E-state index in [1.807, 2.05) is 48.5 Å². The van der Waals surface area contributed by atoms with E-state index in [2.05, 4.69) is 29.3 Å². The molecule has 0 saturated carbocycles. The zero-order chi connectivity index (χ0) is 21.0. The molecule has 0 aromatic heterocycles. The molecule has 150 valence electrons. The Morgan fingerprint density at radius 1 is 0.800 bits per heavy atom. The van der Waals surface area contributed by atoms with Gasteiger partial charge in [0, 0.05) is 19.8 Å². The zero-order valence-electron chi connectivity index (χ0n) is 16.6. The molecule has 0 atom stereocenters. The van der Waals surface area contributed by atoms with E-state index in [9.17, 15) is 8.42 Å². The summed E-state index contributed by atoms with van der Waals surface area (Å²) in [5.74, 6) is 0. The van der Waals surface area contributed by atoms with Crippen LogP contribution in [0.2, 0.25) is 0 Å². The molecule has 5 heteroatoms. The lowest BCUT2D eigenvalue weighted by atomic mass is 10.1. The summed E-state index contributed by atoms with van der Waals surface area (Å²) in [6.45, 7) is 0.324. The number of benzene rings is 4. The number of hydrogen-bond acceptors (Lipinski definition) is 3. The average molecular weight is 415 g/mol. The summed E-state index contributed by atoms with van der Waals surface area (Å²) in [5, 5.41) is 2.34. The van der Waals surface area contributed by atoms with Gasteiger partial charge in [-0.05, 0) is 52.2 Å². The van der Waals surface area contributed by atoms with Crippen molar-refractivity contribution in [3.63, 3.8) is 0 Å². The van der Waals surface area contributed by atoms with Crippen molar-refractivity contribution in [1.82, 2.24) is 4.31 Å². The molecule has 0 aliphatic rings. The van der Waals surface area contributed by atoms with Gasteiger partial charge in [-0.15, -0.1) is 0 Å². The van der Waals surface area contributed by atoms with E-state index in [0.29, 0.717) is 12.2 Å². The fourth-order valence-electron chi connectivity index (χ4n) is 3.25. The highest BCUT2D eigenvalue weighted by molar-refractivity contribution is 7.89. The zero-order valence-corrected chi connectivity index (χ0v) is 17.5. The maximum atomic E-state index is 12.8. The molecule has 30 heavy (non-hydrogen) atoms. The number of nitrogens with zero attached hydrogens (tertiary/aromatic N) is 2. The Bertz CT molecular complexity index is 1280. The van der Waals surface area contributed by atoms with Crippen LogP contribution in [-0.4, -0.2) is 26.0 Å². The first-order valence-electron chi connectivity index (χ1n) is 9.65. The predicted molar refractivity (Wildman–Crippen MR) is 123 cm³/mol. The number of rotatable bonds is 6. The highest BCUT2D eigenvalue weighted by Gasteiger charge is 2.20. The monoisotopic (exact) mass is 414 g/mol. The normalized spacial score (nSPS) is 12.1. The van der Waals surface area contributed by atoms with Gasteiger partial charge in [0.1, 0.15) is 0 Å². The van der Waals surface area contributed by atoms with Gasteiger partial charge in [-0.25, -0.2) is 8.42 Å². The van der Waals surface area contributed by atoms with Gasteiger partial charge in [0.2, 0.25) is 10.0 Å². The molecule has 4 aromatic carbocycles. The van der Waals surface area contributed by atoms with Crippen LogP contribution >= 0.6 is 0 Å². The summed E-state index contributed by atoms with van der Waals surface area (Å²) in [6, 6.07) is 30.5. The first kappa shape index (κ1) is 20.0. The lowest BCUT2D eigenvalue weighted by Gasteiger charge is -2.17. The van der Waals surface area contributed by atoms with Gasteiger partial charge in [0.15, 0.2) is 0 Å². The van der Waals surface area contributed by atoms with E-state index in [1.165, 1.54) is 9.69 Å². The lowest BCUT2D eigenvalue weighted by molar-refractivity contribution is 0.467. The van der Waals surface area contributed by atoms with Gasteiger partial charge in [0.25, 0.3) is 0 Å². The molecule has 0 unspecified atom stereocenters. The van der Waals surface area contributed by atoms with Gasteiger partial charge in [0.05, 0.1) is 10.6 Å². The Labute approximate surface area is 177 Å². The standard InChI is InChI=1S/C25H22N2O2S/c1-27(19-20-7-3-2-4-8-20)30(28,29)25-15-13-24(14-16-25)26-18-21-11-12-22-9-5-6-10-23(22)17-21/h2-18H,19H2,1H3. The minimum absolute atomic E-state index is 0.255. The first-order chi connectivity index (χ1) is 14.5. The molecule has 0 aliphatic heterocycles. The number of aliphatic imine (C=N–C) groups is 1.